The molecule has 0 fully saturated rings. The average molecular weight is 570 g/mol. The number of pyridine rings is 1. The third-order valence-electron chi connectivity index (χ3n) is 6.70. The van der Waals surface area contributed by atoms with Crippen molar-refractivity contribution in [2.45, 2.75) is 13.8 Å². The van der Waals surface area contributed by atoms with Crippen LogP contribution in [0.3, 0.4) is 0 Å². The molecule has 0 atom stereocenters. The van der Waals surface area contributed by atoms with Gasteiger partial charge in [-0.3, -0.25) is 4.79 Å². The fourth-order valence-corrected chi connectivity index (χ4v) is 4.53. The van der Waals surface area contributed by atoms with Gasteiger partial charge in [0, 0.05) is 68.2 Å². The minimum atomic E-state index is -0.312. The predicted octanol–water partition coefficient (Wildman–Crippen LogP) is 5.41. The van der Waals surface area contributed by atoms with E-state index in [0.717, 1.165) is 46.5 Å². The third kappa shape index (κ3) is 6.36. The van der Waals surface area contributed by atoms with E-state index < -0.39 is 0 Å². The molecule has 1 amide bonds. The molecule has 11 heteroatoms. The van der Waals surface area contributed by atoms with Crippen LogP contribution in [0.25, 0.3) is 33.3 Å². The first-order valence-electron chi connectivity index (χ1n) is 13.8. The number of aryl methyl sites for hydroxylation is 1. The molecule has 0 saturated heterocycles. The van der Waals surface area contributed by atoms with Gasteiger partial charge in [0.2, 0.25) is 11.9 Å². The molecular weight excluding hydrogens is 530 g/mol. The van der Waals surface area contributed by atoms with Crippen LogP contribution in [0.4, 0.5) is 23.0 Å². The summed E-state index contributed by atoms with van der Waals surface area (Å²) in [6.45, 7) is 9.18. The molecule has 0 unspecified atom stereocenters. The quantitative estimate of drug-likeness (QED) is 0.191. The lowest BCUT2D eigenvalue weighted by Gasteiger charge is -2.26. The summed E-state index contributed by atoms with van der Waals surface area (Å²) in [6.07, 6.45) is 6.88. The molecule has 42 heavy (non-hydrogen) atoms. The van der Waals surface area contributed by atoms with Gasteiger partial charge < -0.3 is 34.7 Å². The number of carbonyl (C=O) groups is 1. The Morgan fingerprint density at radius 3 is 2.62 bits per heavy atom. The van der Waals surface area contributed by atoms with Crippen LogP contribution in [0.5, 0.6) is 5.75 Å². The van der Waals surface area contributed by atoms with Gasteiger partial charge in [-0.1, -0.05) is 20.4 Å². The number of likely N-dealkylation sites (N-methyl/N-ethyl adjacent to an activating group) is 2. The molecule has 4 aromatic heterocycles. The van der Waals surface area contributed by atoms with Crippen molar-refractivity contribution < 1.29 is 9.53 Å². The van der Waals surface area contributed by atoms with Gasteiger partial charge >= 0.3 is 0 Å². The number of amides is 1. The summed E-state index contributed by atoms with van der Waals surface area (Å²) in [5.74, 6) is 0.632. The number of anilines is 4. The Morgan fingerprint density at radius 2 is 1.90 bits per heavy atom. The van der Waals surface area contributed by atoms with E-state index in [-0.39, 0.29) is 5.91 Å². The topological polar surface area (TPSA) is 116 Å². The maximum Gasteiger partial charge on any atom is 0.247 e. The number of ether oxygens (including phenoxy) is 1. The number of benzene rings is 1. The normalized spacial score (nSPS) is 10.9. The highest BCUT2D eigenvalue weighted by atomic mass is 16.5. The number of carbonyl (C=O) groups excluding carboxylic acids is 1. The zero-order valence-electron chi connectivity index (χ0n) is 25.3. The van der Waals surface area contributed by atoms with Gasteiger partial charge in [0.05, 0.1) is 29.9 Å². The van der Waals surface area contributed by atoms with Crippen molar-refractivity contribution >= 4 is 51.0 Å². The Morgan fingerprint density at radius 1 is 1.12 bits per heavy atom. The Kier molecular flexibility index (Phi) is 9.43. The molecule has 0 radical (unpaired) electrons. The Bertz CT molecular complexity index is 1700. The monoisotopic (exact) mass is 569 g/mol. The summed E-state index contributed by atoms with van der Waals surface area (Å²) in [7, 11) is 9.58. The first kappa shape index (κ1) is 30.1. The maximum absolute atomic E-state index is 12.3. The summed E-state index contributed by atoms with van der Waals surface area (Å²) in [4.78, 5) is 33.9. The van der Waals surface area contributed by atoms with Crippen LogP contribution < -0.4 is 20.3 Å². The van der Waals surface area contributed by atoms with Gasteiger partial charge in [-0.15, -0.1) is 0 Å². The molecule has 5 rings (SSSR count). The zero-order valence-corrected chi connectivity index (χ0v) is 25.3. The smallest absolute Gasteiger partial charge is 0.247 e. The number of nitrogens with one attached hydrogen (secondary N) is 3. The maximum atomic E-state index is 12.3. The summed E-state index contributed by atoms with van der Waals surface area (Å²) < 4.78 is 7.73. The van der Waals surface area contributed by atoms with Crippen LogP contribution >= 0.6 is 0 Å². The second kappa shape index (κ2) is 13.2. The standard InChI is InChI=1S/C29H33N9O2.C2H6/c1-7-25(39)32-21-15-22(24(40-6)16-23(21)37(4)13-12-36(2)3)33-29-34-26(20-8-10-30-27(20)35-29)19-14-18-9-11-38(5)28(18)31-17-19;1-2/h7-11,14-17H,1,12-13H2,2-6H3,(H,32,39)(H2,30,33,34,35);1-2H3. The summed E-state index contributed by atoms with van der Waals surface area (Å²) in [5, 5.41) is 8.14. The van der Waals surface area contributed by atoms with Crippen molar-refractivity contribution in [1.29, 1.82) is 0 Å². The Hall–Kier alpha value is -4.90. The number of aromatic amines is 1. The van der Waals surface area contributed by atoms with Gasteiger partial charge in [-0.2, -0.15) is 4.98 Å². The molecule has 1 aromatic carbocycles. The van der Waals surface area contributed by atoms with Crippen molar-refractivity contribution in [3.63, 3.8) is 0 Å². The second-order valence-corrected chi connectivity index (χ2v) is 9.81. The molecule has 220 valence electrons. The van der Waals surface area contributed by atoms with Gasteiger partial charge in [0.25, 0.3) is 0 Å². The first-order chi connectivity index (χ1) is 20.3. The Balaban J connectivity index is 0.00000198. The summed E-state index contributed by atoms with van der Waals surface area (Å²) in [6, 6.07) is 9.76. The van der Waals surface area contributed by atoms with Crippen molar-refractivity contribution in [3.8, 4) is 17.0 Å². The number of rotatable bonds is 10. The van der Waals surface area contributed by atoms with Crippen LogP contribution in [0.1, 0.15) is 13.8 Å². The van der Waals surface area contributed by atoms with E-state index in [9.17, 15) is 4.79 Å². The molecule has 3 N–H and O–H groups in total. The minimum Gasteiger partial charge on any atom is -0.494 e. The average Bonchev–Trinajstić information content (AvgIpc) is 3.62. The fraction of sp³-hybridized carbons (Fsp3) is 0.290. The highest BCUT2D eigenvalue weighted by molar-refractivity contribution is 6.02. The van der Waals surface area contributed by atoms with Gasteiger partial charge in [0.15, 0.2) is 0 Å². The van der Waals surface area contributed by atoms with Crippen LogP contribution in [0.2, 0.25) is 0 Å². The Labute approximate surface area is 246 Å². The van der Waals surface area contributed by atoms with Crippen LogP contribution in [0, 0.1) is 0 Å². The van der Waals surface area contributed by atoms with Crippen molar-refractivity contribution in [2.75, 3.05) is 56.9 Å². The molecule has 0 bridgehead atoms. The third-order valence-corrected chi connectivity index (χ3v) is 6.70. The lowest BCUT2D eigenvalue weighted by molar-refractivity contribution is -0.111. The van der Waals surface area contributed by atoms with Crippen LogP contribution in [0.15, 0.2) is 61.6 Å². The molecule has 11 nitrogen and oxygen atoms in total. The summed E-state index contributed by atoms with van der Waals surface area (Å²) >= 11 is 0. The van der Waals surface area contributed by atoms with Gasteiger partial charge in [-0.05, 0) is 44.4 Å². The molecule has 0 aliphatic carbocycles. The SMILES string of the molecule is C=CC(=O)Nc1cc(Nc2nc(-c3cnc4c(ccn4C)c3)c3cc[nH]c3n2)c(OC)cc1N(C)CCN(C)C.CC. The van der Waals surface area contributed by atoms with Crippen LogP contribution in [-0.2, 0) is 11.8 Å². The highest BCUT2D eigenvalue weighted by Gasteiger charge is 2.18. The number of nitrogens with zero attached hydrogens (tertiary/aromatic N) is 6. The van der Waals surface area contributed by atoms with E-state index in [2.05, 4.69) is 43.0 Å². The lowest BCUT2D eigenvalue weighted by Crippen LogP contribution is -2.29. The van der Waals surface area contributed by atoms with Crippen molar-refractivity contribution in [1.82, 2.24) is 29.4 Å². The first-order valence-corrected chi connectivity index (χ1v) is 13.8. The number of hydrogen-bond donors (Lipinski definition) is 3. The largest absolute Gasteiger partial charge is 0.494 e. The van der Waals surface area contributed by atoms with E-state index >= 15 is 0 Å². The van der Waals surface area contributed by atoms with Crippen molar-refractivity contribution in [3.05, 3.63) is 61.6 Å². The molecule has 0 spiro atoms. The lowest BCUT2D eigenvalue weighted by atomic mass is 10.1. The van der Waals surface area contributed by atoms with E-state index in [4.69, 9.17) is 14.7 Å². The predicted molar refractivity (Wildman–Crippen MR) is 172 cm³/mol. The fourth-order valence-electron chi connectivity index (χ4n) is 4.53. The number of hydrogen-bond acceptors (Lipinski definition) is 8. The number of aromatic nitrogens is 5. The van der Waals surface area contributed by atoms with E-state index in [1.165, 1.54) is 6.08 Å². The van der Waals surface area contributed by atoms with E-state index in [1.54, 1.807) is 7.11 Å². The number of methoxy groups -OCH3 is 1. The number of fused-ring (bicyclic) bond motifs is 2. The molecule has 0 aliphatic rings. The van der Waals surface area contributed by atoms with Crippen LogP contribution in [-0.4, -0.2) is 76.7 Å². The van der Waals surface area contributed by atoms with Gasteiger partial charge in [-0.25, -0.2) is 9.97 Å². The van der Waals surface area contributed by atoms with Crippen molar-refractivity contribution in [2.24, 2.45) is 7.05 Å². The van der Waals surface area contributed by atoms with Gasteiger partial charge in [0.1, 0.15) is 17.0 Å². The minimum absolute atomic E-state index is 0.312. The van der Waals surface area contributed by atoms with E-state index in [1.807, 2.05) is 89.5 Å². The molecule has 0 saturated carbocycles. The summed E-state index contributed by atoms with van der Waals surface area (Å²) in [5.41, 5.74) is 5.21. The molecule has 5 aromatic rings. The zero-order chi connectivity index (χ0) is 30.4. The molecular formula is C31H39N9O2. The molecule has 0 aliphatic heterocycles. The number of H-pyrrole nitrogens is 1. The highest BCUT2D eigenvalue weighted by Crippen LogP contribution is 2.38. The molecule has 4 heterocycles. The van der Waals surface area contributed by atoms with E-state index in [0.29, 0.717) is 28.7 Å². The second-order valence-electron chi connectivity index (χ2n) is 9.81.